The van der Waals surface area contributed by atoms with Crippen molar-refractivity contribution in [2.45, 2.75) is 58.4 Å². The molecule has 3 rings (SSSR count). The van der Waals surface area contributed by atoms with Crippen molar-refractivity contribution in [1.82, 2.24) is 4.57 Å². The van der Waals surface area contributed by atoms with E-state index in [1.807, 2.05) is 0 Å². The number of aryl methyl sites for hydroxylation is 1. The second-order valence-corrected chi connectivity index (χ2v) is 5.58. The molecule has 18 heavy (non-hydrogen) atoms. The molecule has 1 aromatic heterocycles. The van der Waals surface area contributed by atoms with Gasteiger partial charge in [-0.3, -0.25) is 4.79 Å². The van der Waals surface area contributed by atoms with Crippen LogP contribution in [0.5, 0.6) is 0 Å². The van der Waals surface area contributed by atoms with Gasteiger partial charge in [0.15, 0.2) is 5.78 Å². The van der Waals surface area contributed by atoms with Crippen LogP contribution in [0, 0.1) is 6.92 Å². The molecule has 2 aliphatic rings. The van der Waals surface area contributed by atoms with Crippen LogP contribution in [0.25, 0.3) is 0 Å². The summed E-state index contributed by atoms with van der Waals surface area (Å²) in [6.07, 6.45) is 10.3. The summed E-state index contributed by atoms with van der Waals surface area (Å²) in [6.45, 7) is 3.19. The standard InChI is InChI=1S/C16H21NO/c1-12-11-14-15(7-4-8-16(14)18)17(12)10-9-13-5-2-3-6-13/h5,11H,2-4,6-10H2,1H3. The van der Waals surface area contributed by atoms with Crippen molar-refractivity contribution in [3.05, 3.63) is 34.7 Å². The molecule has 0 aliphatic heterocycles. The van der Waals surface area contributed by atoms with Crippen LogP contribution in [-0.2, 0) is 13.0 Å². The van der Waals surface area contributed by atoms with E-state index in [9.17, 15) is 4.79 Å². The molecule has 0 atom stereocenters. The molecule has 0 bridgehead atoms. The number of nitrogens with zero attached hydrogens (tertiary/aromatic N) is 1. The molecule has 0 saturated heterocycles. The molecule has 0 spiro atoms. The maximum Gasteiger partial charge on any atom is 0.164 e. The maximum absolute atomic E-state index is 11.9. The Morgan fingerprint density at radius 1 is 1.22 bits per heavy atom. The average Bonchev–Trinajstić information content (AvgIpc) is 2.95. The maximum atomic E-state index is 11.9. The second-order valence-electron chi connectivity index (χ2n) is 5.58. The van der Waals surface area contributed by atoms with Crippen LogP contribution in [-0.4, -0.2) is 10.4 Å². The first-order valence-corrected chi connectivity index (χ1v) is 7.16. The van der Waals surface area contributed by atoms with Crippen LogP contribution in [0.2, 0.25) is 0 Å². The minimum absolute atomic E-state index is 0.346. The average molecular weight is 243 g/mol. The fourth-order valence-corrected chi connectivity index (χ4v) is 3.32. The van der Waals surface area contributed by atoms with E-state index in [2.05, 4.69) is 23.6 Å². The molecule has 0 radical (unpaired) electrons. The molecule has 0 fully saturated rings. The molecule has 1 aromatic rings. The molecule has 0 N–H and O–H groups in total. The van der Waals surface area contributed by atoms with Crippen molar-refractivity contribution in [3.8, 4) is 0 Å². The zero-order chi connectivity index (χ0) is 12.5. The van der Waals surface area contributed by atoms with E-state index in [0.29, 0.717) is 5.78 Å². The number of carbonyl (C=O) groups is 1. The minimum atomic E-state index is 0.346. The summed E-state index contributed by atoms with van der Waals surface area (Å²) in [7, 11) is 0. The molecule has 0 unspecified atom stereocenters. The first-order valence-electron chi connectivity index (χ1n) is 7.16. The Morgan fingerprint density at radius 3 is 2.89 bits per heavy atom. The van der Waals surface area contributed by atoms with Gasteiger partial charge in [0.1, 0.15) is 0 Å². The monoisotopic (exact) mass is 243 g/mol. The van der Waals surface area contributed by atoms with Crippen LogP contribution in [0.4, 0.5) is 0 Å². The number of fused-ring (bicyclic) bond motifs is 1. The van der Waals surface area contributed by atoms with E-state index in [4.69, 9.17) is 0 Å². The highest BCUT2D eigenvalue weighted by Gasteiger charge is 2.22. The number of ketones is 1. The zero-order valence-electron chi connectivity index (χ0n) is 11.2. The van der Waals surface area contributed by atoms with E-state index in [-0.39, 0.29) is 0 Å². The summed E-state index contributed by atoms with van der Waals surface area (Å²) >= 11 is 0. The quantitative estimate of drug-likeness (QED) is 0.740. The smallest absolute Gasteiger partial charge is 0.164 e. The van der Waals surface area contributed by atoms with E-state index in [0.717, 1.165) is 37.8 Å². The first-order chi connectivity index (χ1) is 8.75. The van der Waals surface area contributed by atoms with Crippen molar-refractivity contribution < 1.29 is 4.79 Å². The number of hydrogen-bond donors (Lipinski definition) is 0. The Hall–Kier alpha value is -1.31. The summed E-state index contributed by atoms with van der Waals surface area (Å²) in [5, 5.41) is 0. The van der Waals surface area contributed by atoms with Gasteiger partial charge >= 0.3 is 0 Å². The van der Waals surface area contributed by atoms with Gasteiger partial charge in [0.2, 0.25) is 0 Å². The Balaban J connectivity index is 1.81. The van der Waals surface area contributed by atoms with Gasteiger partial charge in [-0.2, -0.15) is 0 Å². The lowest BCUT2D eigenvalue weighted by molar-refractivity contribution is 0.0972. The highest BCUT2D eigenvalue weighted by molar-refractivity contribution is 5.98. The third-order valence-electron chi connectivity index (χ3n) is 4.33. The van der Waals surface area contributed by atoms with Gasteiger partial charge in [0.25, 0.3) is 0 Å². The molecular weight excluding hydrogens is 222 g/mol. The molecular formula is C16H21NO. The number of rotatable bonds is 3. The third-order valence-corrected chi connectivity index (χ3v) is 4.33. The van der Waals surface area contributed by atoms with E-state index in [1.54, 1.807) is 5.57 Å². The Bertz CT molecular complexity index is 507. The molecule has 2 heteroatoms. The van der Waals surface area contributed by atoms with E-state index < -0.39 is 0 Å². The highest BCUT2D eigenvalue weighted by atomic mass is 16.1. The van der Waals surface area contributed by atoms with Gasteiger partial charge in [-0.25, -0.2) is 0 Å². The Kier molecular flexibility index (Phi) is 3.11. The number of aromatic nitrogens is 1. The molecule has 96 valence electrons. The van der Waals surface area contributed by atoms with Gasteiger partial charge in [-0.15, -0.1) is 0 Å². The van der Waals surface area contributed by atoms with Gasteiger partial charge in [-0.1, -0.05) is 11.6 Å². The van der Waals surface area contributed by atoms with Crippen molar-refractivity contribution in [2.75, 3.05) is 0 Å². The number of allylic oxidation sites excluding steroid dienone is 2. The number of hydrogen-bond acceptors (Lipinski definition) is 1. The van der Waals surface area contributed by atoms with E-state index >= 15 is 0 Å². The summed E-state index contributed by atoms with van der Waals surface area (Å²) < 4.78 is 2.38. The van der Waals surface area contributed by atoms with Crippen molar-refractivity contribution in [3.63, 3.8) is 0 Å². The minimum Gasteiger partial charge on any atom is -0.348 e. The zero-order valence-corrected chi connectivity index (χ0v) is 11.2. The largest absolute Gasteiger partial charge is 0.348 e. The van der Waals surface area contributed by atoms with Crippen molar-refractivity contribution >= 4 is 5.78 Å². The van der Waals surface area contributed by atoms with Crippen molar-refractivity contribution in [1.29, 1.82) is 0 Å². The summed E-state index contributed by atoms with van der Waals surface area (Å²) in [4.78, 5) is 11.9. The molecule has 0 saturated carbocycles. The van der Waals surface area contributed by atoms with Crippen LogP contribution < -0.4 is 0 Å². The van der Waals surface area contributed by atoms with Crippen LogP contribution in [0.3, 0.4) is 0 Å². The van der Waals surface area contributed by atoms with Gasteiger partial charge in [0, 0.05) is 29.9 Å². The molecule has 1 heterocycles. The third kappa shape index (κ3) is 2.05. The lowest BCUT2D eigenvalue weighted by Crippen LogP contribution is -2.14. The van der Waals surface area contributed by atoms with E-state index in [1.165, 1.54) is 30.7 Å². The summed E-state index contributed by atoms with van der Waals surface area (Å²) in [6, 6.07) is 2.10. The lowest BCUT2D eigenvalue weighted by atomic mass is 9.96. The van der Waals surface area contributed by atoms with Gasteiger partial charge in [-0.05, 0) is 51.5 Å². The van der Waals surface area contributed by atoms with Crippen LogP contribution >= 0.6 is 0 Å². The van der Waals surface area contributed by atoms with Gasteiger partial charge in [0.05, 0.1) is 0 Å². The topological polar surface area (TPSA) is 22.0 Å². The molecule has 0 amide bonds. The fourth-order valence-electron chi connectivity index (χ4n) is 3.32. The first kappa shape index (κ1) is 11.8. The molecule has 2 nitrogen and oxygen atoms in total. The van der Waals surface area contributed by atoms with Crippen LogP contribution in [0.1, 0.15) is 60.3 Å². The predicted octanol–water partition coefficient (Wildman–Crippen LogP) is 3.82. The SMILES string of the molecule is Cc1cc2c(n1CCC1=CCCC1)CCCC2=O. The predicted molar refractivity (Wildman–Crippen MR) is 73.0 cm³/mol. The number of Topliss-reactive ketones (excluding diaryl/α,β-unsaturated/α-hetero) is 1. The van der Waals surface area contributed by atoms with Crippen molar-refractivity contribution in [2.24, 2.45) is 0 Å². The highest BCUT2D eigenvalue weighted by Crippen LogP contribution is 2.27. The second kappa shape index (κ2) is 4.75. The molecule has 0 aromatic carbocycles. The van der Waals surface area contributed by atoms with Crippen LogP contribution in [0.15, 0.2) is 17.7 Å². The Morgan fingerprint density at radius 2 is 2.11 bits per heavy atom. The lowest BCUT2D eigenvalue weighted by Gasteiger charge is -2.16. The summed E-state index contributed by atoms with van der Waals surface area (Å²) in [5.74, 6) is 0.346. The fraction of sp³-hybridized carbons (Fsp3) is 0.562. The number of carbonyl (C=O) groups excluding carboxylic acids is 1. The Labute approximate surface area is 109 Å². The molecule has 2 aliphatic carbocycles. The van der Waals surface area contributed by atoms with Gasteiger partial charge < -0.3 is 4.57 Å². The normalized spacial score (nSPS) is 18.9. The summed E-state index contributed by atoms with van der Waals surface area (Å²) in [5.41, 5.74) is 5.16.